The van der Waals surface area contributed by atoms with Gasteiger partial charge in [0.1, 0.15) is 11.6 Å². The van der Waals surface area contributed by atoms with E-state index in [1.54, 1.807) is 48.5 Å². The molecule has 2 saturated heterocycles. The Bertz CT molecular complexity index is 3190. The topological polar surface area (TPSA) is 152 Å². The first kappa shape index (κ1) is 58.9. The molecule has 15 nitrogen and oxygen atoms in total. The minimum absolute atomic E-state index is 0.0314. The molecule has 0 aliphatic carbocycles. The minimum Gasteiger partial charge on any atom is -0.415 e. The second kappa shape index (κ2) is 29.8. The summed E-state index contributed by atoms with van der Waals surface area (Å²) < 4.78 is 90.3. The molecule has 6 aromatic carbocycles. The Morgan fingerprint density at radius 1 is 0.519 bits per heavy atom. The number of hydrogen-bond donors (Lipinski definition) is 2. The summed E-state index contributed by atoms with van der Waals surface area (Å²) in [7, 11) is 0. The van der Waals surface area contributed by atoms with Crippen molar-refractivity contribution in [3.05, 3.63) is 192 Å². The van der Waals surface area contributed by atoms with Crippen LogP contribution in [0.15, 0.2) is 167 Å². The van der Waals surface area contributed by atoms with Crippen LogP contribution in [-0.4, -0.2) is 102 Å². The summed E-state index contributed by atoms with van der Waals surface area (Å²) >= 11 is 3.24. The number of rotatable bonds is 17. The molecule has 2 fully saturated rings. The number of anilines is 4. The fourth-order valence-electron chi connectivity index (χ4n) is 8.94. The lowest BCUT2D eigenvalue weighted by molar-refractivity contribution is 0.115. The predicted molar refractivity (Wildman–Crippen MR) is 303 cm³/mol. The van der Waals surface area contributed by atoms with Gasteiger partial charge < -0.3 is 29.3 Å². The number of carbonyl (C=O) groups excluding carboxylic acids is 2. The Balaban J connectivity index is 0.000000182. The lowest BCUT2D eigenvalue weighted by Crippen LogP contribution is -2.49. The fourth-order valence-corrected chi connectivity index (χ4v) is 9.14. The van der Waals surface area contributed by atoms with Gasteiger partial charge in [-0.3, -0.25) is 14.7 Å². The number of hydrogen-bond acceptors (Lipinski definition) is 11. The Morgan fingerprint density at radius 3 is 1.32 bits per heavy atom. The van der Waals surface area contributed by atoms with Crippen molar-refractivity contribution in [3.63, 3.8) is 0 Å². The van der Waals surface area contributed by atoms with Crippen molar-refractivity contribution in [2.75, 3.05) is 83.8 Å². The van der Waals surface area contributed by atoms with Crippen molar-refractivity contribution in [2.24, 2.45) is 0 Å². The number of para-hydroxylation sites is 4. The molecule has 8 aromatic rings. The summed E-state index contributed by atoms with van der Waals surface area (Å²) in [5.74, 6) is -3.33. The molecule has 4 amide bonds. The highest BCUT2D eigenvalue weighted by Gasteiger charge is 2.24. The standard InChI is InChI=1S/C29H29F3N6O2.C19H16BrF3N4O2.C11H15N/c30-25-19-21(27-34-35-28(40-27)26(31)32)11-12-22(25)20-38(24-9-5-2-6-10-24)29(39)33-13-14-36-15-17-37(18-16-36)23-7-3-1-4-8-23;20-8-9-24-19(28)27(14-4-2-1-3-5-14)11-13-7-6-12(10-15(13)21)17-25-26-18(29-17)16(22)23;1-3-7-11(8-4-1)12-9-5-2-6-10-12/h1-12,19,26H,13-18,20H2,(H,33,39);1-7,10,16H,8-9,11H2,(H,24,28);1,3-4,7-8H,2,5-6,9-10H2. The molecule has 4 heterocycles. The zero-order valence-electron chi connectivity index (χ0n) is 44.1. The number of piperazine rings is 1. The number of nitrogens with one attached hydrogen (secondary N) is 2. The number of amides is 4. The maximum atomic E-state index is 15.1. The number of piperidine rings is 1. The van der Waals surface area contributed by atoms with Gasteiger partial charge in [-0.25, -0.2) is 18.4 Å². The molecule has 2 aliphatic heterocycles. The number of halogens is 7. The molecule has 10 rings (SSSR count). The molecular weight excluding hydrogens is 1120 g/mol. The number of aromatic nitrogens is 4. The van der Waals surface area contributed by atoms with Crippen LogP contribution in [0.25, 0.3) is 22.9 Å². The van der Waals surface area contributed by atoms with Gasteiger partial charge in [0, 0.05) is 109 Å². The average molecular weight is 1180 g/mol. The SMILES string of the molecule is O=C(NCCBr)N(Cc1ccc(-c2nnc(C(F)F)o2)cc1F)c1ccccc1.O=C(NCCN1CCN(c2ccccc2)CC1)N(Cc1ccc(-c2nnc(C(F)F)o2)cc1F)c1ccccc1.c1ccc(N2CCCCC2)cc1. The van der Waals surface area contributed by atoms with Crippen LogP contribution >= 0.6 is 15.9 Å². The third kappa shape index (κ3) is 16.9. The van der Waals surface area contributed by atoms with Gasteiger partial charge in [0.05, 0.1) is 13.1 Å². The molecule has 22 heteroatoms. The Labute approximate surface area is 473 Å². The lowest BCUT2D eigenvalue weighted by Gasteiger charge is -2.36. The van der Waals surface area contributed by atoms with E-state index >= 15 is 4.39 Å². The zero-order valence-corrected chi connectivity index (χ0v) is 45.7. The van der Waals surface area contributed by atoms with Crippen LogP contribution in [0, 0.1) is 11.6 Å². The molecular formula is C59H60BrF6N11O4. The lowest BCUT2D eigenvalue weighted by atomic mass is 10.1. The molecule has 2 N–H and O–H groups in total. The number of carbonyl (C=O) groups is 2. The second-order valence-corrected chi connectivity index (χ2v) is 19.4. The first-order chi connectivity index (χ1) is 39.4. The maximum Gasteiger partial charge on any atom is 0.322 e. The van der Waals surface area contributed by atoms with Crippen molar-refractivity contribution in [1.29, 1.82) is 0 Å². The van der Waals surface area contributed by atoms with Crippen LogP contribution in [0.1, 0.15) is 55.0 Å². The largest absolute Gasteiger partial charge is 0.415 e. The molecule has 0 unspecified atom stereocenters. The van der Waals surface area contributed by atoms with Gasteiger partial charge >= 0.3 is 24.9 Å². The van der Waals surface area contributed by atoms with E-state index in [2.05, 4.69) is 104 Å². The number of benzene rings is 6. The first-order valence-electron chi connectivity index (χ1n) is 26.3. The smallest absolute Gasteiger partial charge is 0.322 e. The van der Waals surface area contributed by atoms with Crippen LogP contribution in [0.4, 0.5) is 58.7 Å². The van der Waals surface area contributed by atoms with E-state index in [0.29, 0.717) is 36.3 Å². The van der Waals surface area contributed by atoms with E-state index in [4.69, 9.17) is 8.83 Å². The van der Waals surface area contributed by atoms with Crippen LogP contribution in [0.2, 0.25) is 0 Å². The Kier molecular flexibility index (Phi) is 21.7. The van der Waals surface area contributed by atoms with Crippen LogP contribution < -0.4 is 30.2 Å². The molecule has 0 bridgehead atoms. The number of alkyl halides is 5. The quantitative estimate of drug-likeness (QED) is 0.0662. The van der Waals surface area contributed by atoms with Gasteiger partial charge in [0.25, 0.3) is 11.8 Å². The van der Waals surface area contributed by atoms with E-state index in [1.165, 1.54) is 77.8 Å². The molecule has 2 aliphatic rings. The van der Waals surface area contributed by atoms with Crippen LogP contribution in [-0.2, 0) is 13.1 Å². The Hall–Kier alpha value is -8.24. The van der Waals surface area contributed by atoms with Gasteiger partial charge in [-0.1, -0.05) is 101 Å². The Morgan fingerprint density at radius 2 is 0.926 bits per heavy atom. The third-order valence-corrected chi connectivity index (χ3v) is 13.6. The van der Waals surface area contributed by atoms with Crippen molar-refractivity contribution in [3.8, 4) is 22.9 Å². The van der Waals surface area contributed by atoms with Crippen molar-refractivity contribution in [2.45, 2.75) is 45.2 Å². The maximum absolute atomic E-state index is 15.1. The van der Waals surface area contributed by atoms with Gasteiger partial charge in [-0.2, -0.15) is 17.6 Å². The predicted octanol–water partition coefficient (Wildman–Crippen LogP) is 13.0. The summed E-state index contributed by atoms with van der Waals surface area (Å²) in [6.07, 6.45) is -1.70. The first-order valence-corrected chi connectivity index (χ1v) is 27.5. The zero-order chi connectivity index (χ0) is 56.9. The van der Waals surface area contributed by atoms with Crippen molar-refractivity contribution < 1.29 is 44.8 Å². The fraction of sp³-hybridized carbons (Fsp3) is 0.288. The van der Waals surface area contributed by atoms with E-state index in [9.17, 15) is 31.5 Å². The van der Waals surface area contributed by atoms with Crippen LogP contribution in [0.5, 0.6) is 0 Å². The van der Waals surface area contributed by atoms with Gasteiger partial charge in [-0.15, -0.1) is 20.4 Å². The monoisotopic (exact) mass is 1180 g/mol. The van der Waals surface area contributed by atoms with Crippen molar-refractivity contribution >= 4 is 50.7 Å². The molecule has 424 valence electrons. The highest BCUT2D eigenvalue weighted by molar-refractivity contribution is 9.09. The summed E-state index contributed by atoms with van der Waals surface area (Å²) in [5, 5.41) is 19.9. The molecule has 0 spiro atoms. The molecule has 0 saturated carbocycles. The van der Waals surface area contributed by atoms with Gasteiger partial charge in [0.15, 0.2) is 0 Å². The minimum atomic E-state index is -2.91. The van der Waals surface area contributed by atoms with Gasteiger partial charge in [0.2, 0.25) is 11.8 Å². The van der Waals surface area contributed by atoms with E-state index < -0.39 is 36.3 Å². The van der Waals surface area contributed by atoms with E-state index in [1.807, 2.05) is 30.3 Å². The third-order valence-electron chi connectivity index (χ3n) is 13.2. The summed E-state index contributed by atoms with van der Waals surface area (Å²) in [6.45, 7) is 7.57. The molecule has 0 radical (unpaired) electrons. The summed E-state index contributed by atoms with van der Waals surface area (Å²) in [6, 6.07) is 46.3. The normalized spacial score (nSPS) is 13.4. The number of urea groups is 2. The average Bonchev–Trinajstić information content (AvgIpc) is 4.33. The molecule has 0 atom stereocenters. The summed E-state index contributed by atoms with van der Waals surface area (Å²) in [5.41, 5.74) is 4.62. The second-order valence-electron chi connectivity index (χ2n) is 18.6. The highest BCUT2D eigenvalue weighted by atomic mass is 79.9. The van der Waals surface area contributed by atoms with Gasteiger partial charge in [-0.05, 0) is 92.1 Å². The molecule has 81 heavy (non-hydrogen) atoms. The molecule has 2 aromatic heterocycles. The number of nitrogens with zero attached hydrogens (tertiary/aromatic N) is 9. The van der Waals surface area contributed by atoms with Crippen LogP contribution in [0.3, 0.4) is 0 Å². The summed E-state index contributed by atoms with van der Waals surface area (Å²) in [4.78, 5) is 35.8. The highest BCUT2D eigenvalue weighted by Crippen LogP contribution is 2.29. The van der Waals surface area contributed by atoms with E-state index in [-0.39, 0.29) is 59.2 Å². The van der Waals surface area contributed by atoms with Crippen molar-refractivity contribution in [1.82, 2.24) is 35.9 Å². The van der Waals surface area contributed by atoms with E-state index in [0.717, 1.165) is 38.3 Å².